The van der Waals surface area contributed by atoms with E-state index in [0.717, 1.165) is 0 Å². The summed E-state index contributed by atoms with van der Waals surface area (Å²) in [5, 5.41) is 1.57. The van der Waals surface area contributed by atoms with Crippen molar-refractivity contribution >= 4 is 46.4 Å². The lowest BCUT2D eigenvalue weighted by Gasteiger charge is -2.16. The fourth-order valence-corrected chi connectivity index (χ4v) is 4.22. The van der Waals surface area contributed by atoms with E-state index in [1.807, 2.05) is 0 Å². The molecule has 0 saturated carbocycles. The van der Waals surface area contributed by atoms with E-state index in [4.69, 9.17) is 44.4 Å². The molecule has 11 heteroatoms. The van der Waals surface area contributed by atoms with Crippen LogP contribution in [0.15, 0.2) is 36.4 Å². The highest BCUT2D eigenvalue weighted by Crippen LogP contribution is 2.31. The lowest BCUT2D eigenvalue weighted by Crippen LogP contribution is -2.49. The van der Waals surface area contributed by atoms with Crippen LogP contribution in [0.25, 0.3) is 10.9 Å². The molecule has 0 saturated heterocycles. The molecule has 9 nitrogen and oxygen atoms in total. The molecule has 2 aromatic carbocycles. The molecule has 0 aliphatic rings. The minimum Gasteiger partial charge on any atom is -0.489 e. The van der Waals surface area contributed by atoms with Gasteiger partial charge in [-0.05, 0) is 50.1 Å². The maximum absolute atomic E-state index is 12.8. The van der Waals surface area contributed by atoms with Crippen LogP contribution in [0, 0.1) is 0 Å². The van der Waals surface area contributed by atoms with Gasteiger partial charge >= 0.3 is 5.97 Å². The van der Waals surface area contributed by atoms with Crippen molar-refractivity contribution in [1.29, 1.82) is 0 Å². The number of fused-ring (bicyclic) bond motifs is 1. The number of carbonyl (C=O) groups is 2. The molecule has 0 amide bonds. The molecule has 1 heterocycles. The van der Waals surface area contributed by atoms with Gasteiger partial charge in [0.1, 0.15) is 18.1 Å². The second-order valence-electron chi connectivity index (χ2n) is 7.45. The molecule has 1 aromatic heterocycles. The number of aldehydes is 1. The highest BCUT2D eigenvalue weighted by molar-refractivity contribution is 6.35. The third-order valence-corrected chi connectivity index (χ3v) is 6.09. The largest absolute Gasteiger partial charge is 0.489 e. The minimum atomic E-state index is -0.573. The summed E-state index contributed by atoms with van der Waals surface area (Å²) in [5.74, 6) is 10.8. The first-order valence-corrected chi connectivity index (χ1v) is 11.5. The van der Waals surface area contributed by atoms with Gasteiger partial charge in [-0.2, -0.15) is 0 Å². The molecule has 0 spiro atoms. The Balaban J connectivity index is 1.96. The molecule has 0 radical (unpaired) electrons. The van der Waals surface area contributed by atoms with Gasteiger partial charge in [-0.25, -0.2) is 15.6 Å². The average Bonchev–Trinajstić information content (AvgIpc) is 3.14. The molecule has 0 aliphatic heterocycles. The van der Waals surface area contributed by atoms with Gasteiger partial charge in [-0.15, -0.1) is 0 Å². The average molecular weight is 508 g/mol. The first kappa shape index (κ1) is 26.0. The first-order valence-electron chi connectivity index (χ1n) is 10.7. The van der Waals surface area contributed by atoms with Crippen LogP contribution < -0.4 is 27.3 Å². The van der Waals surface area contributed by atoms with Crippen LogP contribution in [0.1, 0.15) is 46.2 Å². The molecule has 0 unspecified atom stereocenters. The summed E-state index contributed by atoms with van der Waals surface area (Å²) in [7, 11) is 0. The zero-order valence-electron chi connectivity index (χ0n) is 18.6. The highest BCUT2D eigenvalue weighted by atomic mass is 35.5. The second-order valence-corrected chi connectivity index (χ2v) is 8.26. The standard InChI is InChI=1S/C23H27Cl2N5O4/c1-2-33-23(32)22-16(12-31)15-11-14(34-13-17-18(24)5-3-6-19(17)25)8-9-20(15)30(22)10-4-7-21(28-26)29-27/h3,5-6,8-9,11-12,21,28-29H,2,4,7,10,13,26-27H2,1H3. The summed E-state index contributed by atoms with van der Waals surface area (Å²) in [5.41, 5.74) is 6.91. The van der Waals surface area contributed by atoms with Gasteiger partial charge in [0.25, 0.3) is 0 Å². The summed E-state index contributed by atoms with van der Waals surface area (Å²) in [4.78, 5) is 24.8. The topological polar surface area (TPSA) is 134 Å². The predicted octanol–water partition coefficient (Wildman–Crippen LogP) is 3.55. The molecule has 0 fully saturated rings. The van der Waals surface area contributed by atoms with Crippen LogP contribution in [0.3, 0.4) is 0 Å². The zero-order valence-corrected chi connectivity index (χ0v) is 20.2. The van der Waals surface area contributed by atoms with E-state index in [9.17, 15) is 9.59 Å². The monoisotopic (exact) mass is 507 g/mol. The number of nitrogens with one attached hydrogen (secondary N) is 2. The normalized spacial score (nSPS) is 11.2. The Kier molecular flexibility index (Phi) is 9.28. The van der Waals surface area contributed by atoms with Crippen molar-refractivity contribution in [3.05, 3.63) is 63.3 Å². The lowest BCUT2D eigenvalue weighted by atomic mass is 10.1. The zero-order chi connectivity index (χ0) is 24.7. The number of rotatable bonds is 12. The van der Waals surface area contributed by atoms with Gasteiger partial charge in [0.05, 0.1) is 18.3 Å². The SMILES string of the molecule is CCOC(=O)c1c(C=O)c2cc(OCc3c(Cl)cccc3Cl)ccc2n1CCCC(NN)NN. The van der Waals surface area contributed by atoms with Crippen molar-refractivity contribution in [2.24, 2.45) is 11.7 Å². The molecule has 3 aromatic rings. The maximum atomic E-state index is 12.8. The van der Waals surface area contributed by atoms with Gasteiger partial charge in [0, 0.05) is 33.1 Å². The van der Waals surface area contributed by atoms with Gasteiger partial charge in [-0.3, -0.25) is 16.5 Å². The molecule has 182 valence electrons. The molecule has 3 rings (SSSR count). The van der Waals surface area contributed by atoms with Crippen LogP contribution in [0.4, 0.5) is 0 Å². The Morgan fingerprint density at radius 1 is 1.18 bits per heavy atom. The summed E-state index contributed by atoms with van der Waals surface area (Å²) in [6.45, 7) is 2.47. The molecule has 0 bridgehead atoms. The summed E-state index contributed by atoms with van der Waals surface area (Å²) in [6.07, 6.45) is 1.57. The number of hydrogen-bond acceptors (Lipinski definition) is 8. The maximum Gasteiger partial charge on any atom is 0.355 e. The van der Waals surface area contributed by atoms with Gasteiger partial charge in [0.2, 0.25) is 0 Å². The number of esters is 1. The summed E-state index contributed by atoms with van der Waals surface area (Å²) in [6, 6.07) is 10.5. The summed E-state index contributed by atoms with van der Waals surface area (Å²) < 4.78 is 12.9. The molecule has 0 aliphatic carbocycles. The van der Waals surface area contributed by atoms with E-state index >= 15 is 0 Å². The Morgan fingerprint density at radius 3 is 2.50 bits per heavy atom. The second kappa shape index (κ2) is 12.2. The summed E-state index contributed by atoms with van der Waals surface area (Å²) >= 11 is 12.5. The van der Waals surface area contributed by atoms with E-state index in [1.54, 1.807) is 47.9 Å². The number of nitrogens with two attached hydrogens (primary N) is 2. The van der Waals surface area contributed by atoms with Crippen LogP contribution in [-0.2, 0) is 17.9 Å². The van der Waals surface area contributed by atoms with Crippen LogP contribution in [0.2, 0.25) is 10.0 Å². The molecular formula is C23H27Cl2N5O4. The molecule has 6 N–H and O–H groups in total. The molecular weight excluding hydrogens is 481 g/mol. The number of nitrogens with zero attached hydrogens (tertiary/aromatic N) is 1. The van der Waals surface area contributed by atoms with Gasteiger partial charge < -0.3 is 14.0 Å². The fourth-order valence-electron chi connectivity index (χ4n) is 3.71. The number of halogens is 2. The number of aromatic nitrogens is 1. The predicted molar refractivity (Wildman–Crippen MR) is 132 cm³/mol. The third kappa shape index (κ3) is 5.69. The number of aryl methyl sites for hydroxylation is 1. The van der Waals surface area contributed by atoms with Gasteiger partial charge in [-0.1, -0.05) is 29.3 Å². The van der Waals surface area contributed by atoms with E-state index < -0.39 is 5.97 Å². The van der Waals surface area contributed by atoms with Crippen molar-refractivity contribution in [2.75, 3.05) is 6.61 Å². The Labute approximate surface area is 207 Å². The van der Waals surface area contributed by atoms with Crippen molar-refractivity contribution in [1.82, 2.24) is 15.4 Å². The van der Waals surface area contributed by atoms with E-state index in [1.165, 1.54) is 0 Å². The van der Waals surface area contributed by atoms with Crippen LogP contribution in [-0.4, -0.2) is 29.6 Å². The fraction of sp³-hybridized carbons (Fsp3) is 0.304. The van der Waals surface area contributed by atoms with Crippen molar-refractivity contribution in [2.45, 2.75) is 39.1 Å². The molecule has 34 heavy (non-hydrogen) atoms. The minimum absolute atomic E-state index is 0.144. The Morgan fingerprint density at radius 2 is 1.88 bits per heavy atom. The van der Waals surface area contributed by atoms with Crippen molar-refractivity contribution in [3.8, 4) is 5.75 Å². The van der Waals surface area contributed by atoms with Crippen molar-refractivity contribution < 1.29 is 19.1 Å². The number of carbonyl (C=O) groups excluding carboxylic acids is 2. The smallest absolute Gasteiger partial charge is 0.355 e. The Hall–Kier alpha value is -2.66. The highest BCUT2D eigenvalue weighted by Gasteiger charge is 2.24. The quantitative estimate of drug-likeness (QED) is 0.0960. The van der Waals surface area contributed by atoms with E-state index in [2.05, 4.69) is 10.9 Å². The van der Waals surface area contributed by atoms with Crippen LogP contribution >= 0.6 is 23.2 Å². The Bertz CT molecular complexity index is 1140. The number of hydrogen-bond donors (Lipinski definition) is 4. The van der Waals surface area contributed by atoms with E-state index in [0.29, 0.717) is 57.9 Å². The number of hydrazine groups is 2. The van der Waals surface area contributed by atoms with Crippen molar-refractivity contribution in [3.63, 3.8) is 0 Å². The number of benzene rings is 2. The third-order valence-electron chi connectivity index (χ3n) is 5.38. The lowest BCUT2D eigenvalue weighted by molar-refractivity contribution is 0.0512. The van der Waals surface area contributed by atoms with Gasteiger partial charge in [0.15, 0.2) is 6.29 Å². The molecule has 0 atom stereocenters. The first-order chi connectivity index (χ1) is 16.4. The van der Waals surface area contributed by atoms with E-state index in [-0.39, 0.29) is 30.6 Å². The number of ether oxygens (including phenoxy) is 2. The van der Waals surface area contributed by atoms with Crippen LogP contribution in [0.5, 0.6) is 5.75 Å².